The Labute approximate surface area is 197 Å². The Morgan fingerprint density at radius 3 is 2.45 bits per heavy atom. The number of carbonyl (C=O) groups is 1. The van der Waals surface area contributed by atoms with Crippen LogP contribution in [-0.4, -0.2) is 62.8 Å². The average molecular weight is 577 g/mol. The zero-order chi connectivity index (χ0) is 22.4. The third-order valence-corrected chi connectivity index (χ3v) is 6.24. The van der Waals surface area contributed by atoms with Crippen LogP contribution >= 0.6 is 24.0 Å². The van der Waals surface area contributed by atoms with E-state index in [9.17, 15) is 26.4 Å². The van der Waals surface area contributed by atoms with Crippen molar-refractivity contribution < 1.29 is 26.4 Å². The first kappa shape index (κ1) is 27.4. The SMILES string of the molecule is CCNC(=NCc1cccc(C(=O)NC)c1)NC1CCN(S(=O)(=O)C(F)(F)F)CC1.I. The molecule has 0 atom stereocenters. The van der Waals surface area contributed by atoms with E-state index in [-0.39, 0.29) is 61.9 Å². The van der Waals surface area contributed by atoms with Gasteiger partial charge in [-0.3, -0.25) is 4.79 Å². The second-order valence-corrected chi connectivity index (χ2v) is 8.67. The molecule has 1 fully saturated rings. The van der Waals surface area contributed by atoms with Crippen molar-refractivity contribution in [2.45, 2.75) is 37.9 Å². The molecule has 1 amide bonds. The number of nitrogens with zero attached hydrogens (tertiary/aromatic N) is 2. The summed E-state index contributed by atoms with van der Waals surface area (Å²) in [6, 6.07) is 6.80. The highest BCUT2D eigenvalue weighted by Crippen LogP contribution is 2.28. The van der Waals surface area contributed by atoms with Crippen LogP contribution in [0.3, 0.4) is 0 Å². The maximum atomic E-state index is 12.7. The lowest BCUT2D eigenvalue weighted by Crippen LogP contribution is -2.51. The first-order valence-corrected chi connectivity index (χ1v) is 10.9. The number of nitrogens with one attached hydrogen (secondary N) is 3. The Kier molecular flexibility index (Phi) is 10.5. The monoisotopic (exact) mass is 577 g/mol. The van der Waals surface area contributed by atoms with Crippen molar-refractivity contribution >= 4 is 45.9 Å². The number of halogens is 4. The lowest BCUT2D eigenvalue weighted by molar-refractivity contribution is -0.0494. The molecule has 1 aromatic rings. The van der Waals surface area contributed by atoms with Crippen LogP contribution < -0.4 is 16.0 Å². The van der Waals surface area contributed by atoms with Crippen LogP contribution in [-0.2, 0) is 16.6 Å². The highest BCUT2D eigenvalue weighted by atomic mass is 127. The fourth-order valence-electron chi connectivity index (χ4n) is 3.03. The minimum absolute atomic E-state index is 0. The molecule has 1 aromatic carbocycles. The molecule has 0 saturated carbocycles. The van der Waals surface area contributed by atoms with Crippen molar-refractivity contribution in [2.75, 3.05) is 26.7 Å². The lowest BCUT2D eigenvalue weighted by Gasteiger charge is -2.32. The Bertz CT molecular complexity index is 872. The summed E-state index contributed by atoms with van der Waals surface area (Å²) < 4.78 is 61.6. The number of rotatable bonds is 6. The van der Waals surface area contributed by atoms with E-state index in [1.165, 1.54) is 0 Å². The number of aliphatic imine (C=N–C) groups is 1. The molecule has 0 unspecified atom stereocenters. The summed E-state index contributed by atoms with van der Waals surface area (Å²) in [5.41, 5.74) is -3.95. The highest BCUT2D eigenvalue weighted by molar-refractivity contribution is 14.0. The van der Waals surface area contributed by atoms with Crippen molar-refractivity contribution in [1.29, 1.82) is 0 Å². The molecule has 0 radical (unpaired) electrons. The number of amides is 1. The van der Waals surface area contributed by atoms with Gasteiger partial charge < -0.3 is 16.0 Å². The predicted octanol–water partition coefficient (Wildman–Crippen LogP) is 2.03. The van der Waals surface area contributed by atoms with Crippen LogP contribution in [0.15, 0.2) is 29.3 Å². The van der Waals surface area contributed by atoms with E-state index in [2.05, 4.69) is 20.9 Å². The summed E-state index contributed by atoms with van der Waals surface area (Å²) >= 11 is 0. The van der Waals surface area contributed by atoms with Crippen LogP contribution in [0.25, 0.3) is 0 Å². The molecule has 1 heterocycles. The smallest absolute Gasteiger partial charge is 0.357 e. The minimum atomic E-state index is -5.29. The van der Waals surface area contributed by atoms with E-state index < -0.39 is 15.5 Å². The summed E-state index contributed by atoms with van der Waals surface area (Å²) in [5.74, 6) is 0.270. The number of sulfonamides is 1. The summed E-state index contributed by atoms with van der Waals surface area (Å²) in [6.45, 7) is 2.31. The Morgan fingerprint density at radius 2 is 1.90 bits per heavy atom. The van der Waals surface area contributed by atoms with Gasteiger partial charge in [0, 0.05) is 38.3 Å². The van der Waals surface area contributed by atoms with Gasteiger partial charge in [0.1, 0.15) is 0 Å². The third kappa shape index (κ3) is 7.49. The Balaban J connectivity index is 0.00000480. The van der Waals surface area contributed by atoms with Crippen molar-refractivity contribution in [3.8, 4) is 0 Å². The fraction of sp³-hybridized carbons (Fsp3) is 0.556. The molecule has 0 aromatic heterocycles. The van der Waals surface area contributed by atoms with E-state index in [0.717, 1.165) is 5.56 Å². The van der Waals surface area contributed by atoms with E-state index in [1.807, 2.05) is 13.0 Å². The second kappa shape index (κ2) is 11.9. The van der Waals surface area contributed by atoms with Gasteiger partial charge in [0.2, 0.25) is 0 Å². The quantitative estimate of drug-likeness (QED) is 0.273. The van der Waals surface area contributed by atoms with Gasteiger partial charge >= 0.3 is 15.5 Å². The molecule has 0 spiro atoms. The molecule has 3 N–H and O–H groups in total. The molecular weight excluding hydrogens is 550 g/mol. The maximum Gasteiger partial charge on any atom is 0.511 e. The van der Waals surface area contributed by atoms with Crippen LogP contribution in [0.2, 0.25) is 0 Å². The molecule has 8 nitrogen and oxygen atoms in total. The standard InChI is InChI=1S/C18H26F3N5O3S.HI/c1-3-23-17(24-12-13-5-4-6-14(11-13)16(27)22-2)25-15-7-9-26(10-8-15)30(28,29)18(19,20)21;/h4-6,11,15H,3,7-10,12H2,1-2H3,(H,22,27)(H2,23,24,25);1H. The fourth-order valence-corrected chi connectivity index (χ4v) is 4.01. The van der Waals surface area contributed by atoms with Gasteiger partial charge in [-0.1, -0.05) is 12.1 Å². The van der Waals surface area contributed by atoms with Crippen LogP contribution in [0.4, 0.5) is 13.2 Å². The van der Waals surface area contributed by atoms with Crippen molar-refractivity contribution in [3.05, 3.63) is 35.4 Å². The van der Waals surface area contributed by atoms with Gasteiger partial charge in [-0.2, -0.15) is 17.5 Å². The van der Waals surface area contributed by atoms with E-state index in [4.69, 9.17) is 0 Å². The van der Waals surface area contributed by atoms with Gasteiger partial charge in [-0.15, -0.1) is 24.0 Å². The summed E-state index contributed by atoms with van der Waals surface area (Å²) in [4.78, 5) is 16.2. The number of hydrogen-bond donors (Lipinski definition) is 3. The minimum Gasteiger partial charge on any atom is -0.357 e. The van der Waals surface area contributed by atoms with Gasteiger partial charge in [-0.25, -0.2) is 13.4 Å². The highest BCUT2D eigenvalue weighted by Gasteiger charge is 2.50. The molecule has 1 saturated heterocycles. The second-order valence-electron chi connectivity index (χ2n) is 6.74. The van der Waals surface area contributed by atoms with Crippen LogP contribution in [0, 0.1) is 0 Å². The molecule has 1 aliphatic heterocycles. The number of carbonyl (C=O) groups excluding carboxylic acids is 1. The zero-order valence-electron chi connectivity index (χ0n) is 17.2. The first-order chi connectivity index (χ1) is 14.1. The summed E-state index contributed by atoms with van der Waals surface area (Å²) in [5, 5.41) is 8.76. The number of benzene rings is 1. The Morgan fingerprint density at radius 1 is 1.26 bits per heavy atom. The molecule has 0 aliphatic carbocycles. The number of alkyl halides is 3. The number of hydrogen-bond acceptors (Lipinski definition) is 4. The van der Waals surface area contributed by atoms with Crippen molar-refractivity contribution in [3.63, 3.8) is 0 Å². The topological polar surface area (TPSA) is 103 Å². The Hall–Kier alpha value is -1.61. The predicted molar refractivity (Wildman–Crippen MR) is 123 cm³/mol. The molecule has 13 heteroatoms. The molecular formula is C18H27F3IN5O3S. The van der Waals surface area contributed by atoms with Crippen molar-refractivity contribution in [1.82, 2.24) is 20.3 Å². The van der Waals surface area contributed by atoms with E-state index in [1.54, 1.807) is 25.2 Å². The maximum absolute atomic E-state index is 12.7. The first-order valence-electron chi connectivity index (χ1n) is 9.50. The lowest BCUT2D eigenvalue weighted by atomic mass is 10.1. The van der Waals surface area contributed by atoms with Crippen molar-refractivity contribution in [2.24, 2.45) is 4.99 Å². The number of piperidine rings is 1. The summed E-state index contributed by atoms with van der Waals surface area (Å²) in [6.07, 6.45) is 0.456. The molecule has 2 rings (SSSR count). The van der Waals surface area contributed by atoms with Gasteiger partial charge in [0.05, 0.1) is 6.54 Å². The van der Waals surface area contributed by atoms with E-state index >= 15 is 0 Å². The normalized spacial score (nSPS) is 16.4. The summed E-state index contributed by atoms with van der Waals surface area (Å²) in [7, 11) is -3.75. The van der Waals surface area contributed by atoms with Gasteiger partial charge in [0.15, 0.2) is 5.96 Å². The third-order valence-electron chi connectivity index (χ3n) is 4.61. The number of guanidine groups is 1. The molecule has 1 aliphatic rings. The average Bonchev–Trinajstić information content (AvgIpc) is 2.71. The zero-order valence-corrected chi connectivity index (χ0v) is 20.3. The van der Waals surface area contributed by atoms with Crippen LogP contribution in [0.1, 0.15) is 35.7 Å². The van der Waals surface area contributed by atoms with Crippen LogP contribution in [0.5, 0.6) is 0 Å². The van der Waals surface area contributed by atoms with Gasteiger partial charge in [-0.05, 0) is 37.5 Å². The molecule has 31 heavy (non-hydrogen) atoms. The molecule has 176 valence electrons. The van der Waals surface area contributed by atoms with Gasteiger partial charge in [0.25, 0.3) is 5.91 Å². The molecule has 0 bridgehead atoms. The van der Waals surface area contributed by atoms with E-state index in [0.29, 0.717) is 28.9 Å². The largest absolute Gasteiger partial charge is 0.511 e.